The van der Waals surface area contributed by atoms with Gasteiger partial charge in [0, 0.05) is 12.1 Å². The molecule has 158 valence electrons. The summed E-state index contributed by atoms with van der Waals surface area (Å²) in [6, 6.07) is 16.5. The van der Waals surface area contributed by atoms with E-state index in [1.54, 1.807) is 12.1 Å². The van der Waals surface area contributed by atoms with Gasteiger partial charge < -0.3 is 5.11 Å². The molecule has 4 rings (SSSR count). The van der Waals surface area contributed by atoms with Crippen molar-refractivity contribution in [2.75, 3.05) is 0 Å². The van der Waals surface area contributed by atoms with Crippen LogP contribution >= 0.6 is 0 Å². The second-order valence-corrected chi connectivity index (χ2v) is 9.01. The van der Waals surface area contributed by atoms with E-state index < -0.39 is 27.0 Å². The maximum Gasteiger partial charge on any atom is 0.322 e. The van der Waals surface area contributed by atoms with Crippen LogP contribution in [-0.2, 0) is 27.7 Å². The van der Waals surface area contributed by atoms with Crippen LogP contribution < -0.4 is 4.72 Å². The lowest BCUT2D eigenvalue weighted by Crippen LogP contribution is -2.42. The molecule has 9 heteroatoms. The van der Waals surface area contributed by atoms with Gasteiger partial charge in [-0.25, -0.2) is 8.42 Å². The van der Waals surface area contributed by atoms with E-state index in [0.717, 1.165) is 22.3 Å². The van der Waals surface area contributed by atoms with Gasteiger partial charge in [0.25, 0.3) is 5.69 Å². The van der Waals surface area contributed by atoms with Crippen molar-refractivity contribution >= 4 is 21.7 Å². The Bertz CT molecular complexity index is 1290. The largest absolute Gasteiger partial charge is 0.480 e. The number of carbonyl (C=O) groups is 1. The quantitative estimate of drug-likeness (QED) is 0.337. The van der Waals surface area contributed by atoms with Crippen molar-refractivity contribution in [3.63, 3.8) is 0 Å². The predicted octanol–water partition coefficient (Wildman–Crippen LogP) is 3.14. The zero-order chi connectivity index (χ0) is 22.2. The standard InChI is InChI=1S/C22H18N2O6S/c25-22(26)21(11-14-5-7-17(8-6-14)24(27)28)23-31(29,30)18-9-10-20-16(13-18)12-15-3-1-2-4-19(15)20/h1-10,13,21,23H,11-12H2,(H,25,26)/t21-/m0/s1. The zero-order valence-electron chi connectivity index (χ0n) is 16.2. The maximum absolute atomic E-state index is 12.9. The van der Waals surface area contributed by atoms with Crippen molar-refractivity contribution in [1.29, 1.82) is 0 Å². The molecule has 3 aromatic rings. The van der Waals surface area contributed by atoms with E-state index in [0.29, 0.717) is 12.0 Å². The number of sulfonamides is 1. The van der Waals surface area contributed by atoms with E-state index in [4.69, 9.17) is 0 Å². The Hall–Kier alpha value is -3.56. The van der Waals surface area contributed by atoms with Crippen LogP contribution in [0.25, 0.3) is 11.1 Å². The summed E-state index contributed by atoms with van der Waals surface area (Å²) in [4.78, 5) is 21.9. The van der Waals surface area contributed by atoms with Gasteiger partial charge in [0.05, 0.1) is 9.82 Å². The number of benzene rings is 3. The first-order valence-corrected chi connectivity index (χ1v) is 10.9. The van der Waals surface area contributed by atoms with Gasteiger partial charge in [-0.3, -0.25) is 14.9 Å². The molecular formula is C22H18N2O6S. The summed E-state index contributed by atoms with van der Waals surface area (Å²) in [6.45, 7) is 0. The van der Waals surface area contributed by atoms with Crippen molar-refractivity contribution in [3.8, 4) is 11.1 Å². The normalized spacial score (nSPS) is 13.3. The van der Waals surface area contributed by atoms with Crippen LogP contribution in [0, 0.1) is 10.1 Å². The Kier molecular flexibility index (Phi) is 5.30. The lowest BCUT2D eigenvalue weighted by molar-refractivity contribution is -0.384. The third-order valence-corrected chi connectivity index (χ3v) is 6.73. The summed E-state index contributed by atoms with van der Waals surface area (Å²) in [6.07, 6.45) is 0.461. The van der Waals surface area contributed by atoms with Gasteiger partial charge in [0.15, 0.2) is 0 Å². The molecule has 1 aliphatic rings. The molecule has 1 aliphatic carbocycles. The first-order chi connectivity index (χ1) is 14.7. The van der Waals surface area contributed by atoms with Crippen LogP contribution in [0.5, 0.6) is 0 Å². The topological polar surface area (TPSA) is 127 Å². The van der Waals surface area contributed by atoms with Gasteiger partial charge in [0.1, 0.15) is 6.04 Å². The number of rotatable bonds is 7. The highest BCUT2D eigenvalue weighted by Crippen LogP contribution is 2.37. The molecule has 0 unspecified atom stereocenters. The van der Waals surface area contributed by atoms with Crippen LogP contribution in [-0.4, -0.2) is 30.5 Å². The van der Waals surface area contributed by atoms with E-state index in [1.165, 1.54) is 30.3 Å². The number of fused-ring (bicyclic) bond motifs is 3. The van der Waals surface area contributed by atoms with Crippen LogP contribution in [0.3, 0.4) is 0 Å². The fraction of sp³-hybridized carbons (Fsp3) is 0.136. The molecule has 0 saturated heterocycles. The summed E-state index contributed by atoms with van der Waals surface area (Å²) >= 11 is 0. The van der Waals surface area contributed by atoms with E-state index in [9.17, 15) is 28.4 Å². The molecular weight excluding hydrogens is 420 g/mol. The second kappa shape index (κ2) is 7.93. The summed E-state index contributed by atoms with van der Waals surface area (Å²) < 4.78 is 28.0. The predicted molar refractivity (Wildman–Crippen MR) is 113 cm³/mol. The minimum atomic E-state index is -4.09. The van der Waals surface area contributed by atoms with Gasteiger partial charge in [-0.05, 0) is 52.8 Å². The Labute approximate surface area is 178 Å². The fourth-order valence-corrected chi connectivity index (χ4v) is 4.95. The van der Waals surface area contributed by atoms with Gasteiger partial charge >= 0.3 is 5.97 Å². The lowest BCUT2D eigenvalue weighted by Gasteiger charge is -2.15. The summed E-state index contributed by atoms with van der Waals surface area (Å²) in [5.41, 5.74) is 4.35. The monoisotopic (exact) mass is 438 g/mol. The van der Waals surface area contributed by atoms with Gasteiger partial charge in [-0.1, -0.05) is 42.5 Å². The number of hydrogen-bond donors (Lipinski definition) is 2. The van der Waals surface area contributed by atoms with Crippen molar-refractivity contribution < 1.29 is 23.2 Å². The highest BCUT2D eigenvalue weighted by molar-refractivity contribution is 7.89. The fourth-order valence-electron chi connectivity index (χ4n) is 3.71. The van der Waals surface area contributed by atoms with Gasteiger partial charge in [-0.2, -0.15) is 4.72 Å². The summed E-state index contributed by atoms with van der Waals surface area (Å²) in [5, 5.41) is 20.3. The minimum absolute atomic E-state index is 0.00555. The van der Waals surface area contributed by atoms with Crippen molar-refractivity contribution in [2.24, 2.45) is 0 Å². The lowest BCUT2D eigenvalue weighted by atomic mass is 10.1. The Balaban J connectivity index is 1.56. The van der Waals surface area contributed by atoms with Crippen molar-refractivity contribution in [3.05, 3.63) is 93.5 Å². The number of aliphatic carboxylic acids is 1. The molecule has 0 spiro atoms. The number of non-ortho nitro benzene ring substituents is 1. The Morgan fingerprint density at radius 1 is 1.03 bits per heavy atom. The van der Waals surface area contributed by atoms with E-state index in [1.807, 2.05) is 24.3 Å². The van der Waals surface area contributed by atoms with Crippen molar-refractivity contribution in [1.82, 2.24) is 4.72 Å². The SMILES string of the molecule is O=C(O)[C@H](Cc1ccc([N+](=O)[O-])cc1)NS(=O)(=O)c1ccc2c(c1)Cc1ccccc1-2. The smallest absolute Gasteiger partial charge is 0.322 e. The number of carboxylic acids is 1. The van der Waals surface area contributed by atoms with E-state index in [2.05, 4.69) is 4.72 Å². The average molecular weight is 438 g/mol. The highest BCUT2D eigenvalue weighted by atomic mass is 32.2. The van der Waals surface area contributed by atoms with Crippen LogP contribution in [0.1, 0.15) is 16.7 Å². The molecule has 0 aromatic heterocycles. The van der Waals surface area contributed by atoms with Crippen molar-refractivity contribution in [2.45, 2.75) is 23.8 Å². The summed E-state index contributed by atoms with van der Waals surface area (Å²) in [5.74, 6) is -1.34. The van der Waals surface area contributed by atoms with Crippen LogP contribution in [0.2, 0.25) is 0 Å². The maximum atomic E-state index is 12.9. The molecule has 0 saturated carbocycles. The van der Waals surface area contributed by atoms with Gasteiger partial charge in [-0.15, -0.1) is 0 Å². The Morgan fingerprint density at radius 2 is 1.71 bits per heavy atom. The number of nitro groups is 1. The number of nitro benzene ring substituents is 1. The van der Waals surface area contributed by atoms with Crippen LogP contribution in [0.15, 0.2) is 71.6 Å². The number of nitrogens with one attached hydrogen (secondary N) is 1. The first kappa shape index (κ1) is 20.7. The molecule has 0 aliphatic heterocycles. The molecule has 3 aromatic carbocycles. The average Bonchev–Trinajstić information content (AvgIpc) is 3.11. The highest BCUT2D eigenvalue weighted by Gasteiger charge is 2.27. The Morgan fingerprint density at radius 3 is 2.39 bits per heavy atom. The zero-order valence-corrected chi connectivity index (χ0v) is 17.0. The third kappa shape index (κ3) is 4.18. The molecule has 31 heavy (non-hydrogen) atoms. The third-order valence-electron chi connectivity index (χ3n) is 5.26. The van der Waals surface area contributed by atoms with E-state index in [-0.39, 0.29) is 17.0 Å². The minimum Gasteiger partial charge on any atom is -0.480 e. The molecule has 0 bridgehead atoms. The van der Waals surface area contributed by atoms with E-state index >= 15 is 0 Å². The number of hydrogen-bond acceptors (Lipinski definition) is 5. The molecule has 1 atom stereocenters. The molecule has 8 nitrogen and oxygen atoms in total. The van der Waals surface area contributed by atoms with Gasteiger partial charge in [0.2, 0.25) is 10.0 Å². The second-order valence-electron chi connectivity index (χ2n) is 7.29. The number of carboxylic acid groups (broad SMARTS) is 1. The van der Waals surface area contributed by atoms with Crippen LogP contribution in [0.4, 0.5) is 5.69 Å². The molecule has 0 fully saturated rings. The molecule has 2 N–H and O–H groups in total. The first-order valence-electron chi connectivity index (χ1n) is 9.44. The molecule has 0 amide bonds. The number of nitrogens with zero attached hydrogens (tertiary/aromatic N) is 1. The molecule has 0 radical (unpaired) electrons. The molecule has 0 heterocycles. The summed E-state index contributed by atoms with van der Waals surface area (Å²) in [7, 11) is -4.09.